The van der Waals surface area contributed by atoms with Crippen LogP contribution in [0.3, 0.4) is 0 Å². The first-order chi connectivity index (χ1) is 6.76. The maximum Gasteiger partial charge on any atom is 0.405 e. The molecule has 88 valence electrons. The zero-order valence-electron chi connectivity index (χ0n) is 8.11. The van der Waals surface area contributed by atoms with Crippen LogP contribution in [-0.2, 0) is 0 Å². The molecule has 0 rings (SSSR count). The first kappa shape index (κ1) is 13.5. The highest BCUT2D eigenvalue weighted by Crippen LogP contribution is 2.11. The monoisotopic (exact) mass is 226 g/mol. The lowest BCUT2D eigenvalue weighted by molar-refractivity contribution is -0.122. The van der Waals surface area contributed by atoms with Gasteiger partial charge in [0, 0.05) is 0 Å². The van der Waals surface area contributed by atoms with Crippen molar-refractivity contribution in [3.05, 3.63) is 0 Å². The number of carbonyl (C=O) groups excluding carboxylic acids is 1. The Morgan fingerprint density at radius 2 is 2.07 bits per heavy atom. The van der Waals surface area contributed by atoms with Gasteiger partial charge in [0.15, 0.2) is 0 Å². The van der Waals surface area contributed by atoms with Crippen molar-refractivity contribution in [3.8, 4) is 0 Å². The van der Waals surface area contributed by atoms with Gasteiger partial charge in [-0.3, -0.25) is 5.41 Å². The smallest absolute Gasteiger partial charge is 0.386 e. The van der Waals surface area contributed by atoms with Gasteiger partial charge in [-0.2, -0.15) is 13.2 Å². The van der Waals surface area contributed by atoms with Crippen molar-refractivity contribution in [2.75, 3.05) is 6.54 Å². The maximum absolute atomic E-state index is 11.7. The summed E-state index contributed by atoms with van der Waals surface area (Å²) in [5.74, 6) is -0.292. The molecule has 0 heterocycles. The van der Waals surface area contributed by atoms with Crippen LogP contribution in [0.25, 0.3) is 0 Å². The van der Waals surface area contributed by atoms with Crippen LogP contribution in [0.1, 0.15) is 13.3 Å². The molecule has 2 amide bonds. The van der Waals surface area contributed by atoms with E-state index in [9.17, 15) is 18.0 Å². The van der Waals surface area contributed by atoms with Gasteiger partial charge < -0.3 is 16.4 Å². The van der Waals surface area contributed by atoms with Crippen molar-refractivity contribution in [2.45, 2.75) is 25.6 Å². The summed E-state index contributed by atoms with van der Waals surface area (Å²) in [6, 6.07) is -1.73. The highest BCUT2D eigenvalue weighted by Gasteiger charge is 2.28. The molecule has 0 aliphatic rings. The minimum absolute atomic E-state index is 0.292. The standard InChI is InChI=1S/C7H13F3N4O/c1-2-4(5(11)12)14-6(15)13-3-7(8,9)10/h4H,2-3H2,1H3,(H3,11,12)(H2,13,14,15). The third-order valence-electron chi connectivity index (χ3n) is 1.54. The van der Waals surface area contributed by atoms with Gasteiger partial charge in [0.05, 0.1) is 6.04 Å². The quantitative estimate of drug-likeness (QED) is 0.416. The molecule has 0 saturated heterocycles. The van der Waals surface area contributed by atoms with E-state index in [2.05, 4.69) is 5.32 Å². The minimum atomic E-state index is -4.45. The molecular weight excluding hydrogens is 213 g/mol. The number of nitrogens with two attached hydrogens (primary N) is 1. The highest BCUT2D eigenvalue weighted by molar-refractivity contribution is 5.87. The summed E-state index contributed by atoms with van der Waals surface area (Å²) in [5.41, 5.74) is 5.10. The third kappa shape index (κ3) is 6.58. The Balaban J connectivity index is 3.98. The number of amides is 2. The lowest BCUT2D eigenvalue weighted by Crippen LogP contribution is -2.49. The fourth-order valence-corrected chi connectivity index (χ4v) is 0.790. The number of alkyl halides is 3. The molecule has 0 aliphatic carbocycles. The second-order valence-corrected chi connectivity index (χ2v) is 2.86. The molecule has 5 N–H and O–H groups in total. The molecule has 0 bridgehead atoms. The Labute approximate surface area is 84.7 Å². The summed E-state index contributed by atoms with van der Waals surface area (Å²) < 4.78 is 35.1. The van der Waals surface area contributed by atoms with Gasteiger partial charge >= 0.3 is 12.2 Å². The van der Waals surface area contributed by atoms with E-state index < -0.39 is 24.8 Å². The van der Waals surface area contributed by atoms with E-state index in [0.29, 0.717) is 6.42 Å². The van der Waals surface area contributed by atoms with Gasteiger partial charge in [0.25, 0.3) is 0 Å². The summed E-state index contributed by atoms with van der Waals surface area (Å²) in [5, 5.41) is 10.8. The summed E-state index contributed by atoms with van der Waals surface area (Å²) in [7, 11) is 0. The van der Waals surface area contributed by atoms with Crippen molar-refractivity contribution in [1.82, 2.24) is 10.6 Å². The van der Waals surface area contributed by atoms with E-state index in [1.807, 2.05) is 0 Å². The van der Waals surface area contributed by atoms with Crippen LogP contribution < -0.4 is 16.4 Å². The maximum atomic E-state index is 11.7. The van der Waals surface area contributed by atoms with Gasteiger partial charge in [-0.1, -0.05) is 6.92 Å². The molecule has 5 nitrogen and oxygen atoms in total. The van der Waals surface area contributed by atoms with Crippen LogP contribution >= 0.6 is 0 Å². The molecule has 1 unspecified atom stereocenters. The molecule has 0 aromatic rings. The molecule has 0 radical (unpaired) electrons. The number of urea groups is 1. The Hall–Kier alpha value is -1.47. The predicted octanol–water partition coefficient (Wildman–Crippen LogP) is 0.562. The van der Waals surface area contributed by atoms with Crippen LogP contribution in [0.2, 0.25) is 0 Å². The zero-order valence-corrected chi connectivity index (χ0v) is 8.11. The van der Waals surface area contributed by atoms with Crippen LogP contribution in [0, 0.1) is 5.41 Å². The Bertz CT molecular complexity index is 241. The van der Waals surface area contributed by atoms with E-state index in [0.717, 1.165) is 0 Å². The molecule has 0 aromatic carbocycles. The molecular formula is C7H13F3N4O. The number of rotatable bonds is 4. The van der Waals surface area contributed by atoms with E-state index in [1.54, 1.807) is 12.2 Å². The number of amidine groups is 1. The van der Waals surface area contributed by atoms with Gasteiger partial charge in [-0.15, -0.1) is 0 Å². The minimum Gasteiger partial charge on any atom is -0.386 e. The van der Waals surface area contributed by atoms with Gasteiger partial charge in [-0.25, -0.2) is 4.79 Å². The lowest BCUT2D eigenvalue weighted by atomic mass is 10.2. The first-order valence-corrected chi connectivity index (χ1v) is 4.21. The van der Waals surface area contributed by atoms with Crippen molar-refractivity contribution >= 4 is 11.9 Å². The zero-order chi connectivity index (χ0) is 12.1. The van der Waals surface area contributed by atoms with Crippen LogP contribution in [0.5, 0.6) is 0 Å². The molecule has 0 aromatic heterocycles. The average Bonchev–Trinajstić information content (AvgIpc) is 2.09. The van der Waals surface area contributed by atoms with Crippen LogP contribution in [-0.4, -0.2) is 30.6 Å². The van der Waals surface area contributed by atoms with Crippen LogP contribution in [0.15, 0.2) is 0 Å². The second-order valence-electron chi connectivity index (χ2n) is 2.86. The van der Waals surface area contributed by atoms with Crippen molar-refractivity contribution in [1.29, 1.82) is 5.41 Å². The lowest BCUT2D eigenvalue weighted by Gasteiger charge is -2.16. The van der Waals surface area contributed by atoms with Gasteiger partial charge in [0.1, 0.15) is 12.4 Å². The molecule has 0 fully saturated rings. The number of hydrogen-bond donors (Lipinski definition) is 4. The Morgan fingerprint density at radius 1 is 1.53 bits per heavy atom. The molecule has 0 spiro atoms. The average molecular weight is 226 g/mol. The predicted molar refractivity (Wildman–Crippen MR) is 48.6 cm³/mol. The number of carbonyl (C=O) groups is 1. The molecule has 8 heteroatoms. The Morgan fingerprint density at radius 3 is 2.40 bits per heavy atom. The molecule has 0 saturated carbocycles. The largest absolute Gasteiger partial charge is 0.405 e. The third-order valence-corrected chi connectivity index (χ3v) is 1.54. The fourth-order valence-electron chi connectivity index (χ4n) is 0.790. The number of nitrogens with one attached hydrogen (secondary N) is 3. The van der Waals surface area contributed by atoms with Crippen molar-refractivity contribution in [2.24, 2.45) is 5.73 Å². The van der Waals surface area contributed by atoms with Gasteiger partial charge in [0.2, 0.25) is 0 Å². The Kier molecular flexibility index (Phi) is 4.89. The highest BCUT2D eigenvalue weighted by atomic mass is 19.4. The topological polar surface area (TPSA) is 91.0 Å². The normalized spacial score (nSPS) is 13.1. The summed E-state index contributed by atoms with van der Waals surface area (Å²) in [4.78, 5) is 10.9. The molecule has 0 aliphatic heterocycles. The number of hydrogen-bond acceptors (Lipinski definition) is 2. The SMILES string of the molecule is CCC(NC(=O)NCC(F)(F)F)C(=N)N. The van der Waals surface area contributed by atoms with Gasteiger partial charge in [-0.05, 0) is 6.42 Å². The second kappa shape index (κ2) is 5.42. The van der Waals surface area contributed by atoms with Crippen LogP contribution in [0.4, 0.5) is 18.0 Å². The fraction of sp³-hybridized carbons (Fsp3) is 0.714. The van der Waals surface area contributed by atoms with Crippen molar-refractivity contribution in [3.63, 3.8) is 0 Å². The van der Waals surface area contributed by atoms with E-state index in [1.165, 1.54) is 0 Å². The first-order valence-electron chi connectivity index (χ1n) is 4.21. The van der Waals surface area contributed by atoms with Crippen molar-refractivity contribution < 1.29 is 18.0 Å². The summed E-state index contributed by atoms with van der Waals surface area (Å²) in [6.45, 7) is 0.239. The van der Waals surface area contributed by atoms with E-state index in [4.69, 9.17) is 11.1 Å². The summed E-state index contributed by atoms with van der Waals surface area (Å²) >= 11 is 0. The summed E-state index contributed by atoms with van der Waals surface area (Å²) in [6.07, 6.45) is -4.11. The van der Waals surface area contributed by atoms with E-state index >= 15 is 0 Å². The van der Waals surface area contributed by atoms with E-state index in [-0.39, 0.29) is 5.84 Å². The molecule has 1 atom stereocenters. The number of halogens is 3. The molecule has 15 heavy (non-hydrogen) atoms.